The number of hydrogen-bond acceptors (Lipinski definition) is 3. The molecule has 30 heavy (non-hydrogen) atoms. The molecule has 5 nitrogen and oxygen atoms in total. The van der Waals surface area contributed by atoms with E-state index in [1.807, 2.05) is 41.1 Å². The zero-order valence-corrected chi connectivity index (χ0v) is 16.1. The number of carbonyl (C=O) groups is 1. The van der Waals surface area contributed by atoms with E-state index in [0.29, 0.717) is 5.69 Å². The summed E-state index contributed by atoms with van der Waals surface area (Å²) in [5.41, 5.74) is 4.32. The number of amides is 1. The lowest BCUT2D eigenvalue weighted by Gasteiger charge is -2.07. The second-order valence-corrected chi connectivity index (χ2v) is 6.72. The van der Waals surface area contributed by atoms with E-state index >= 15 is 0 Å². The van der Waals surface area contributed by atoms with Gasteiger partial charge in [-0.25, -0.2) is 9.37 Å². The highest BCUT2D eigenvalue weighted by atomic mass is 19.1. The van der Waals surface area contributed by atoms with Crippen LogP contribution in [0.3, 0.4) is 0 Å². The number of benzene rings is 2. The molecule has 0 saturated heterocycles. The van der Waals surface area contributed by atoms with Gasteiger partial charge in [-0.2, -0.15) is 0 Å². The Morgan fingerprint density at radius 1 is 1.00 bits per heavy atom. The molecule has 0 unspecified atom stereocenters. The molecule has 0 aliphatic rings. The third kappa shape index (κ3) is 4.86. The fourth-order valence-electron chi connectivity index (χ4n) is 3.07. The molecule has 0 spiro atoms. The molecular weight excluding hydrogens is 379 g/mol. The molecule has 0 atom stereocenters. The summed E-state index contributed by atoms with van der Waals surface area (Å²) in [6.07, 6.45) is 11.9. The van der Waals surface area contributed by atoms with Gasteiger partial charge in [0.2, 0.25) is 5.91 Å². The summed E-state index contributed by atoms with van der Waals surface area (Å²) in [6, 6.07) is 15.7. The molecule has 0 bridgehead atoms. The van der Waals surface area contributed by atoms with Gasteiger partial charge in [-0.1, -0.05) is 24.3 Å². The van der Waals surface area contributed by atoms with Gasteiger partial charge >= 0.3 is 0 Å². The molecule has 2 aromatic heterocycles. The normalized spacial score (nSPS) is 11.0. The molecule has 2 heterocycles. The number of carbonyl (C=O) groups excluding carboxylic acids is 1. The maximum atomic E-state index is 13.2. The number of rotatable bonds is 6. The first-order chi connectivity index (χ1) is 14.7. The van der Waals surface area contributed by atoms with Gasteiger partial charge in [-0.3, -0.25) is 9.78 Å². The van der Waals surface area contributed by atoms with Crippen molar-refractivity contribution in [2.75, 3.05) is 5.32 Å². The SMILES string of the molecule is O=C(C=Cc1cnccc1-c1ccc(F)cc1)Nc1ccc(Cn2ccnc2)cc1. The van der Waals surface area contributed by atoms with Crippen LogP contribution < -0.4 is 5.32 Å². The van der Waals surface area contributed by atoms with Crippen molar-refractivity contribution in [2.24, 2.45) is 0 Å². The Hall–Kier alpha value is -4.06. The first-order valence-electron chi connectivity index (χ1n) is 9.41. The standard InChI is InChI=1S/C24H19FN4O/c25-21-6-3-19(4-7-21)23-11-12-26-15-20(23)5-10-24(30)28-22-8-1-18(2-9-22)16-29-14-13-27-17-29/h1-15,17H,16H2,(H,28,30). The van der Waals surface area contributed by atoms with E-state index in [1.54, 1.807) is 43.1 Å². The van der Waals surface area contributed by atoms with Gasteiger partial charge in [0.15, 0.2) is 0 Å². The zero-order chi connectivity index (χ0) is 20.8. The third-order valence-electron chi connectivity index (χ3n) is 4.57. The highest BCUT2D eigenvalue weighted by molar-refractivity contribution is 6.02. The number of aromatic nitrogens is 3. The van der Waals surface area contributed by atoms with Gasteiger partial charge in [0.1, 0.15) is 5.82 Å². The van der Waals surface area contributed by atoms with Crippen LogP contribution in [-0.2, 0) is 11.3 Å². The van der Waals surface area contributed by atoms with Gasteiger partial charge in [0.05, 0.1) is 6.33 Å². The van der Waals surface area contributed by atoms with E-state index in [9.17, 15) is 9.18 Å². The summed E-state index contributed by atoms with van der Waals surface area (Å²) < 4.78 is 15.2. The molecule has 0 aliphatic heterocycles. The number of pyridine rings is 1. The van der Waals surface area contributed by atoms with E-state index < -0.39 is 0 Å². The largest absolute Gasteiger partial charge is 0.333 e. The lowest BCUT2D eigenvalue weighted by atomic mass is 10.0. The van der Waals surface area contributed by atoms with E-state index in [4.69, 9.17) is 0 Å². The van der Waals surface area contributed by atoms with Crippen LogP contribution in [0, 0.1) is 5.82 Å². The minimum absolute atomic E-state index is 0.244. The summed E-state index contributed by atoms with van der Waals surface area (Å²) >= 11 is 0. The lowest BCUT2D eigenvalue weighted by molar-refractivity contribution is -0.111. The number of hydrogen-bond donors (Lipinski definition) is 1. The van der Waals surface area contributed by atoms with Crippen LogP contribution in [-0.4, -0.2) is 20.4 Å². The van der Waals surface area contributed by atoms with Crippen LogP contribution in [0.5, 0.6) is 0 Å². The van der Waals surface area contributed by atoms with Crippen molar-refractivity contribution in [1.29, 1.82) is 0 Å². The number of imidazole rings is 1. The molecule has 6 heteroatoms. The monoisotopic (exact) mass is 398 g/mol. The molecule has 0 radical (unpaired) electrons. The van der Waals surface area contributed by atoms with Crippen molar-refractivity contribution >= 4 is 17.7 Å². The summed E-state index contributed by atoms with van der Waals surface area (Å²) in [5, 5.41) is 2.85. The van der Waals surface area contributed by atoms with E-state index in [2.05, 4.69) is 15.3 Å². The van der Waals surface area contributed by atoms with Crippen molar-refractivity contribution in [3.8, 4) is 11.1 Å². The van der Waals surface area contributed by atoms with Crippen molar-refractivity contribution in [2.45, 2.75) is 6.54 Å². The molecular formula is C24H19FN4O. The summed E-state index contributed by atoms with van der Waals surface area (Å²) in [7, 11) is 0. The second kappa shape index (κ2) is 8.96. The second-order valence-electron chi connectivity index (χ2n) is 6.72. The maximum Gasteiger partial charge on any atom is 0.248 e. The van der Waals surface area contributed by atoms with Gasteiger partial charge in [-0.15, -0.1) is 0 Å². The van der Waals surface area contributed by atoms with Crippen molar-refractivity contribution in [3.05, 3.63) is 109 Å². The van der Waals surface area contributed by atoms with Crippen LogP contribution >= 0.6 is 0 Å². The Morgan fingerprint density at radius 3 is 2.53 bits per heavy atom. The molecule has 4 rings (SSSR count). The summed E-state index contributed by atoms with van der Waals surface area (Å²) in [4.78, 5) is 20.5. The van der Waals surface area contributed by atoms with Crippen molar-refractivity contribution < 1.29 is 9.18 Å². The fourth-order valence-corrected chi connectivity index (χ4v) is 3.07. The minimum Gasteiger partial charge on any atom is -0.333 e. The molecule has 1 amide bonds. The molecule has 0 aliphatic carbocycles. The number of nitrogens with one attached hydrogen (secondary N) is 1. The van der Waals surface area contributed by atoms with Gasteiger partial charge < -0.3 is 9.88 Å². The minimum atomic E-state index is -0.291. The Morgan fingerprint density at radius 2 is 1.80 bits per heavy atom. The van der Waals surface area contributed by atoms with Gasteiger partial charge in [0.25, 0.3) is 0 Å². The molecule has 148 valence electrons. The average molecular weight is 398 g/mol. The number of halogens is 1. The van der Waals surface area contributed by atoms with Crippen molar-refractivity contribution in [1.82, 2.24) is 14.5 Å². The van der Waals surface area contributed by atoms with E-state index in [1.165, 1.54) is 18.2 Å². The van der Waals surface area contributed by atoms with Crippen molar-refractivity contribution in [3.63, 3.8) is 0 Å². The number of nitrogens with zero attached hydrogens (tertiary/aromatic N) is 3. The molecule has 0 fully saturated rings. The topological polar surface area (TPSA) is 59.8 Å². The van der Waals surface area contributed by atoms with E-state index in [0.717, 1.165) is 28.8 Å². The van der Waals surface area contributed by atoms with Crippen LogP contribution in [0.25, 0.3) is 17.2 Å². The highest BCUT2D eigenvalue weighted by Crippen LogP contribution is 2.24. The lowest BCUT2D eigenvalue weighted by Crippen LogP contribution is -2.08. The predicted molar refractivity (Wildman–Crippen MR) is 115 cm³/mol. The van der Waals surface area contributed by atoms with E-state index in [-0.39, 0.29) is 11.7 Å². The first kappa shape index (κ1) is 19.3. The Kier molecular flexibility index (Phi) is 5.75. The maximum absolute atomic E-state index is 13.2. The summed E-state index contributed by atoms with van der Waals surface area (Å²) in [5.74, 6) is -0.536. The predicted octanol–water partition coefficient (Wildman–Crippen LogP) is 4.78. The molecule has 1 N–H and O–H groups in total. The average Bonchev–Trinajstić information content (AvgIpc) is 3.28. The molecule has 2 aromatic carbocycles. The van der Waals surface area contributed by atoms with Gasteiger partial charge in [0, 0.05) is 48.7 Å². The third-order valence-corrected chi connectivity index (χ3v) is 4.57. The zero-order valence-electron chi connectivity index (χ0n) is 16.1. The quantitative estimate of drug-likeness (QED) is 0.475. The Labute approximate surface area is 173 Å². The van der Waals surface area contributed by atoms with Gasteiger partial charge in [-0.05, 0) is 53.1 Å². The Balaban J connectivity index is 1.42. The van der Waals surface area contributed by atoms with Crippen LogP contribution in [0.15, 0.2) is 91.8 Å². The van der Waals surface area contributed by atoms with Crippen LogP contribution in [0.4, 0.5) is 10.1 Å². The first-order valence-corrected chi connectivity index (χ1v) is 9.41. The summed E-state index contributed by atoms with van der Waals surface area (Å²) in [6.45, 7) is 0.724. The number of anilines is 1. The highest BCUT2D eigenvalue weighted by Gasteiger charge is 2.05. The molecule has 4 aromatic rings. The smallest absolute Gasteiger partial charge is 0.248 e. The van der Waals surface area contributed by atoms with Crippen LogP contribution in [0.1, 0.15) is 11.1 Å². The van der Waals surface area contributed by atoms with Crippen LogP contribution in [0.2, 0.25) is 0 Å². The molecule has 0 saturated carbocycles. The Bertz CT molecular complexity index is 1150. The fraction of sp³-hybridized carbons (Fsp3) is 0.0417.